The second-order valence-corrected chi connectivity index (χ2v) is 6.46. The standard InChI is InChI=1S/C19H21FN2O3/c1-12-8-9-21-18(24)17(12)19(25)22-10-2-3-15(22)11-16(23)13-4-6-14(20)7-5-13/h4-9,15-16,23H,2-3,10-11H2,1H3,(H,21,24)/t15-,16-/m1/s1. The molecule has 1 fully saturated rings. The zero-order chi connectivity index (χ0) is 18.0. The minimum Gasteiger partial charge on any atom is -0.388 e. The number of rotatable bonds is 4. The van der Waals surface area contributed by atoms with E-state index in [-0.39, 0.29) is 23.3 Å². The SMILES string of the molecule is Cc1cc[nH]c(=O)c1C(=O)N1CCC[C@@H]1C[C@@H](O)c1ccc(F)cc1. The molecule has 0 unspecified atom stereocenters. The van der Waals surface area contributed by atoms with Crippen molar-refractivity contribution in [3.63, 3.8) is 0 Å². The number of aromatic nitrogens is 1. The summed E-state index contributed by atoms with van der Waals surface area (Å²) in [6.45, 7) is 2.30. The summed E-state index contributed by atoms with van der Waals surface area (Å²) in [7, 11) is 0. The van der Waals surface area contributed by atoms with Crippen LogP contribution >= 0.6 is 0 Å². The molecule has 0 saturated carbocycles. The monoisotopic (exact) mass is 344 g/mol. The molecular weight excluding hydrogens is 323 g/mol. The van der Waals surface area contributed by atoms with Crippen LogP contribution in [0.4, 0.5) is 4.39 Å². The lowest BCUT2D eigenvalue weighted by Gasteiger charge is -2.27. The number of carbonyl (C=O) groups is 1. The molecule has 0 spiro atoms. The molecule has 0 bridgehead atoms. The Morgan fingerprint density at radius 3 is 2.76 bits per heavy atom. The second-order valence-electron chi connectivity index (χ2n) is 6.46. The fourth-order valence-corrected chi connectivity index (χ4v) is 3.41. The number of H-pyrrole nitrogens is 1. The number of nitrogens with zero attached hydrogens (tertiary/aromatic N) is 1. The van der Waals surface area contributed by atoms with Crippen LogP contribution in [0.3, 0.4) is 0 Å². The topological polar surface area (TPSA) is 73.4 Å². The van der Waals surface area contributed by atoms with E-state index in [2.05, 4.69) is 4.98 Å². The average Bonchev–Trinajstić information content (AvgIpc) is 3.03. The van der Waals surface area contributed by atoms with Crippen LogP contribution in [-0.4, -0.2) is 33.5 Å². The van der Waals surface area contributed by atoms with Crippen LogP contribution in [0.25, 0.3) is 0 Å². The van der Waals surface area contributed by atoms with Gasteiger partial charge in [-0.1, -0.05) is 12.1 Å². The quantitative estimate of drug-likeness (QED) is 0.895. The van der Waals surface area contributed by atoms with Gasteiger partial charge in [0.1, 0.15) is 11.4 Å². The third-order valence-corrected chi connectivity index (χ3v) is 4.77. The Balaban J connectivity index is 1.77. The van der Waals surface area contributed by atoms with E-state index < -0.39 is 11.7 Å². The van der Waals surface area contributed by atoms with Crippen LogP contribution in [0.1, 0.15) is 46.9 Å². The van der Waals surface area contributed by atoms with Crippen LogP contribution in [0.2, 0.25) is 0 Å². The normalized spacial score (nSPS) is 18.4. The zero-order valence-electron chi connectivity index (χ0n) is 14.0. The highest BCUT2D eigenvalue weighted by molar-refractivity contribution is 5.95. The number of nitrogens with one attached hydrogen (secondary N) is 1. The first-order valence-electron chi connectivity index (χ1n) is 8.40. The van der Waals surface area contributed by atoms with Gasteiger partial charge in [0.15, 0.2) is 0 Å². The summed E-state index contributed by atoms with van der Waals surface area (Å²) < 4.78 is 13.0. The Labute approximate surface area is 145 Å². The first-order chi connectivity index (χ1) is 12.0. The minimum absolute atomic E-state index is 0.147. The van der Waals surface area contributed by atoms with Gasteiger partial charge >= 0.3 is 0 Å². The Kier molecular flexibility index (Phi) is 4.99. The van der Waals surface area contributed by atoms with Gasteiger partial charge in [0.2, 0.25) is 0 Å². The highest BCUT2D eigenvalue weighted by atomic mass is 19.1. The number of aromatic amines is 1. The lowest BCUT2D eigenvalue weighted by molar-refractivity contribution is 0.0664. The van der Waals surface area contributed by atoms with E-state index in [0.29, 0.717) is 24.1 Å². The predicted molar refractivity (Wildman–Crippen MR) is 91.8 cm³/mol. The van der Waals surface area contributed by atoms with Gasteiger partial charge in [-0.15, -0.1) is 0 Å². The first-order valence-corrected chi connectivity index (χ1v) is 8.40. The fraction of sp³-hybridized carbons (Fsp3) is 0.368. The van der Waals surface area contributed by atoms with Gasteiger partial charge in [0, 0.05) is 18.8 Å². The number of amides is 1. The largest absolute Gasteiger partial charge is 0.388 e. The van der Waals surface area contributed by atoms with Crippen molar-refractivity contribution < 1.29 is 14.3 Å². The van der Waals surface area contributed by atoms with Crippen molar-refractivity contribution in [2.24, 2.45) is 0 Å². The molecule has 2 aromatic rings. The number of pyridine rings is 1. The number of aliphatic hydroxyl groups excluding tert-OH is 1. The fourth-order valence-electron chi connectivity index (χ4n) is 3.41. The van der Waals surface area contributed by atoms with Crippen LogP contribution in [-0.2, 0) is 0 Å². The number of halogens is 1. The van der Waals surface area contributed by atoms with E-state index in [0.717, 1.165) is 12.8 Å². The average molecular weight is 344 g/mol. The molecule has 132 valence electrons. The van der Waals surface area contributed by atoms with Crippen molar-refractivity contribution in [2.45, 2.75) is 38.3 Å². The van der Waals surface area contributed by atoms with E-state index >= 15 is 0 Å². The van der Waals surface area contributed by atoms with Crippen molar-refractivity contribution in [3.8, 4) is 0 Å². The molecule has 1 aromatic carbocycles. The number of aryl methyl sites for hydroxylation is 1. The lowest BCUT2D eigenvalue weighted by Crippen LogP contribution is -2.39. The van der Waals surface area contributed by atoms with Crippen LogP contribution in [0.5, 0.6) is 0 Å². The molecule has 0 radical (unpaired) electrons. The molecule has 5 nitrogen and oxygen atoms in total. The third-order valence-electron chi connectivity index (χ3n) is 4.77. The van der Waals surface area contributed by atoms with Gasteiger partial charge < -0.3 is 15.0 Å². The van der Waals surface area contributed by atoms with Gasteiger partial charge in [-0.3, -0.25) is 9.59 Å². The number of hydrogen-bond acceptors (Lipinski definition) is 3. The van der Waals surface area contributed by atoms with E-state index in [1.165, 1.54) is 18.3 Å². The van der Waals surface area contributed by atoms with Gasteiger partial charge in [-0.25, -0.2) is 4.39 Å². The number of likely N-dealkylation sites (tertiary alicyclic amines) is 1. The van der Waals surface area contributed by atoms with Crippen molar-refractivity contribution in [1.29, 1.82) is 0 Å². The molecule has 1 aromatic heterocycles. The Morgan fingerprint density at radius 1 is 1.36 bits per heavy atom. The second kappa shape index (κ2) is 7.19. The molecule has 1 amide bonds. The third kappa shape index (κ3) is 3.64. The molecule has 0 aliphatic carbocycles. The van der Waals surface area contributed by atoms with Crippen molar-refractivity contribution in [3.05, 3.63) is 69.4 Å². The molecule has 1 aliphatic rings. The molecule has 25 heavy (non-hydrogen) atoms. The lowest BCUT2D eigenvalue weighted by atomic mass is 10.00. The zero-order valence-corrected chi connectivity index (χ0v) is 14.0. The van der Waals surface area contributed by atoms with E-state index in [1.807, 2.05) is 0 Å². The van der Waals surface area contributed by atoms with E-state index in [9.17, 15) is 19.1 Å². The van der Waals surface area contributed by atoms with Crippen LogP contribution in [0, 0.1) is 12.7 Å². The first kappa shape index (κ1) is 17.4. The van der Waals surface area contributed by atoms with Crippen LogP contribution < -0.4 is 5.56 Å². The summed E-state index contributed by atoms with van der Waals surface area (Å²) in [6, 6.07) is 7.27. The summed E-state index contributed by atoms with van der Waals surface area (Å²) in [6.07, 6.45) is 2.70. The molecule has 3 rings (SSSR count). The minimum atomic E-state index is -0.783. The maximum Gasteiger partial charge on any atom is 0.261 e. The smallest absolute Gasteiger partial charge is 0.261 e. The van der Waals surface area contributed by atoms with Gasteiger partial charge in [-0.05, 0) is 55.5 Å². The summed E-state index contributed by atoms with van der Waals surface area (Å²) in [5, 5.41) is 10.4. The number of aliphatic hydroxyl groups is 1. The van der Waals surface area contributed by atoms with Crippen molar-refractivity contribution in [1.82, 2.24) is 9.88 Å². The summed E-state index contributed by atoms with van der Waals surface area (Å²) in [5.74, 6) is -0.652. The van der Waals surface area contributed by atoms with Gasteiger partial charge in [0.25, 0.3) is 11.5 Å². The molecule has 2 heterocycles. The van der Waals surface area contributed by atoms with E-state index in [4.69, 9.17) is 0 Å². The molecule has 2 N–H and O–H groups in total. The predicted octanol–water partition coefficient (Wildman–Crippen LogP) is 2.55. The summed E-state index contributed by atoms with van der Waals surface area (Å²) in [4.78, 5) is 29.1. The number of carbonyl (C=O) groups excluding carboxylic acids is 1. The van der Waals surface area contributed by atoms with E-state index in [1.54, 1.807) is 30.0 Å². The summed E-state index contributed by atoms with van der Waals surface area (Å²) >= 11 is 0. The Bertz CT molecular complexity index is 816. The highest BCUT2D eigenvalue weighted by Gasteiger charge is 2.32. The highest BCUT2D eigenvalue weighted by Crippen LogP contribution is 2.28. The molecule has 1 aliphatic heterocycles. The maximum absolute atomic E-state index is 13.0. The summed E-state index contributed by atoms with van der Waals surface area (Å²) in [5.41, 5.74) is 1.02. The molecule has 1 saturated heterocycles. The Morgan fingerprint density at radius 2 is 2.08 bits per heavy atom. The number of benzene rings is 1. The van der Waals surface area contributed by atoms with Crippen molar-refractivity contribution in [2.75, 3.05) is 6.54 Å². The van der Waals surface area contributed by atoms with Crippen molar-refractivity contribution >= 4 is 5.91 Å². The molecular formula is C19H21FN2O3. The van der Waals surface area contributed by atoms with Gasteiger partial charge in [-0.2, -0.15) is 0 Å². The van der Waals surface area contributed by atoms with Gasteiger partial charge in [0.05, 0.1) is 6.10 Å². The molecule has 2 atom stereocenters. The Hall–Kier alpha value is -2.47. The maximum atomic E-state index is 13.0. The molecule has 6 heteroatoms. The number of hydrogen-bond donors (Lipinski definition) is 2. The van der Waals surface area contributed by atoms with Crippen LogP contribution in [0.15, 0.2) is 41.3 Å².